The number of aromatic nitrogens is 1. The smallest absolute Gasteiger partial charge is 0.227 e. The number of hydrogen-bond acceptors (Lipinski definition) is 3. The van der Waals surface area contributed by atoms with Crippen molar-refractivity contribution in [1.29, 1.82) is 0 Å². The summed E-state index contributed by atoms with van der Waals surface area (Å²) in [6.07, 6.45) is 0. The highest BCUT2D eigenvalue weighted by Crippen LogP contribution is 2.27. The molecule has 4 nitrogen and oxygen atoms in total. The van der Waals surface area contributed by atoms with Crippen LogP contribution in [0.15, 0.2) is 46.9 Å². The number of anilines is 1. The van der Waals surface area contributed by atoms with Crippen molar-refractivity contribution in [2.75, 3.05) is 5.32 Å². The minimum Gasteiger partial charge on any atom is -0.436 e. The quantitative estimate of drug-likeness (QED) is 0.771. The lowest BCUT2D eigenvalue weighted by Crippen LogP contribution is -2.05. The van der Waals surface area contributed by atoms with E-state index in [9.17, 15) is 4.79 Å². The molecule has 3 aromatic rings. The number of rotatable bonds is 2. The molecule has 0 atom stereocenters. The number of hydrogen-bond donors (Lipinski definition) is 1. The number of nitrogens with zero attached hydrogens (tertiary/aromatic N) is 1. The molecule has 0 aliphatic heterocycles. The first-order valence-electron chi connectivity index (χ1n) is 6.06. The summed E-state index contributed by atoms with van der Waals surface area (Å²) in [5.74, 6) is 0.422. The fourth-order valence-electron chi connectivity index (χ4n) is 1.92. The summed E-state index contributed by atoms with van der Waals surface area (Å²) in [6.45, 7) is 1.47. The number of benzene rings is 2. The van der Waals surface area contributed by atoms with Crippen molar-refractivity contribution in [3.8, 4) is 11.5 Å². The lowest BCUT2D eigenvalue weighted by molar-refractivity contribution is -0.114. The van der Waals surface area contributed by atoms with Gasteiger partial charge in [0.15, 0.2) is 5.58 Å². The Bertz CT molecular complexity index is 778. The van der Waals surface area contributed by atoms with E-state index in [0.717, 1.165) is 16.8 Å². The zero-order valence-electron chi connectivity index (χ0n) is 10.7. The van der Waals surface area contributed by atoms with Crippen LogP contribution in [0.2, 0.25) is 5.02 Å². The van der Waals surface area contributed by atoms with E-state index in [4.69, 9.17) is 16.0 Å². The molecule has 1 aromatic heterocycles. The summed E-state index contributed by atoms with van der Waals surface area (Å²) in [5, 5.41) is 3.32. The Balaban J connectivity index is 1.96. The molecule has 20 heavy (non-hydrogen) atoms. The molecule has 0 unspecified atom stereocenters. The number of carbonyl (C=O) groups excluding carboxylic acids is 1. The first kappa shape index (κ1) is 12.7. The number of nitrogens with one attached hydrogen (secondary N) is 1. The normalized spacial score (nSPS) is 10.7. The monoisotopic (exact) mass is 286 g/mol. The van der Waals surface area contributed by atoms with Crippen LogP contribution in [-0.2, 0) is 4.79 Å². The zero-order valence-corrected chi connectivity index (χ0v) is 11.4. The van der Waals surface area contributed by atoms with Gasteiger partial charge in [0.25, 0.3) is 0 Å². The van der Waals surface area contributed by atoms with Crippen LogP contribution in [0.3, 0.4) is 0 Å². The second-order valence-electron chi connectivity index (χ2n) is 4.39. The van der Waals surface area contributed by atoms with Crippen LogP contribution < -0.4 is 5.32 Å². The van der Waals surface area contributed by atoms with E-state index in [1.54, 1.807) is 24.3 Å². The summed E-state index contributed by atoms with van der Waals surface area (Å²) in [6, 6.07) is 12.6. The number of carbonyl (C=O) groups is 1. The number of amides is 1. The highest BCUT2D eigenvalue weighted by Gasteiger charge is 2.08. The molecular weight excluding hydrogens is 276 g/mol. The van der Waals surface area contributed by atoms with Crippen molar-refractivity contribution in [1.82, 2.24) is 4.98 Å². The van der Waals surface area contributed by atoms with Crippen LogP contribution in [0.4, 0.5) is 5.69 Å². The van der Waals surface area contributed by atoms with Crippen molar-refractivity contribution in [3.05, 3.63) is 47.5 Å². The largest absolute Gasteiger partial charge is 0.436 e. The fraction of sp³-hybridized carbons (Fsp3) is 0.0667. The van der Waals surface area contributed by atoms with Gasteiger partial charge in [-0.25, -0.2) is 4.98 Å². The summed E-state index contributed by atoms with van der Waals surface area (Å²) in [7, 11) is 0. The van der Waals surface area contributed by atoms with Crippen LogP contribution in [0, 0.1) is 0 Å². The molecule has 3 rings (SSSR count). The molecule has 2 aromatic carbocycles. The molecule has 0 aliphatic carbocycles. The van der Waals surface area contributed by atoms with Crippen molar-refractivity contribution >= 4 is 34.3 Å². The van der Waals surface area contributed by atoms with E-state index in [-0.39, 0.29) is 5.91 Å². The third kappa shape index (κ3) is 2.51. The lowest BCUT2D eigenvalue weighted by Gasteiger charge is -2.01. The van der Waals surface area contributed by atoms with Crippen LogP contribution in [0.1, 0.15) is 6.92 Å². The number of oxazole rings is 1. The van der Waals surface area contributed by atoms with Crippen molar-refractivity contribution in [3.63, 3.8) is 0 Å². The molecule has 100 valence electrons. The van der Waals surface area contributed by atoms with Gasteiger partial charge in [-0.05, 0) is 36.4 Å². The molecule has 1 amide bonds. The fourth-order valence-corrected chi connectivity index (χ4v) is 2.08. The van der Waals surface area contributed by atoms with E-state index < -0.39 is 0 Å². The predicted molar refractivity (Wildman–Crippen MR) is 78.8 cm³/mol. The summed E-state index contributed by atoms with van der Waals surface area (Å²) in [4.78, 5) is 15.4. The Labute approximate surface area is 120 Å². The molecule has 1 heterocycles. The van der Waals surface area contributed by atoms with Gasteiger partial charge in [0.2, 0.25) is 11.8 Å². The third-order valence-corrected chi connectivity index (χ3v) is 3.04. The van der Waals surface area contributed by atoms with E-state index in [0.29, 0.717) is 16.5 Å². The number of fused-ring (bicyclic) bond motifs is 1. The first-order valence-corrected chi connectivity index (χ1v) is 6.44. The summed E-state index contributed by atoms with van der Waals surface area (Å²) >= 11 is 5.92. The minimum absolute atomic E-state index is 0.103. The molecule has 0 saturated heterocycles. The molecule has 0 spiro atoms. The molecule has 1 N–H and O–H groups in total. The van der Waals surface area contributed by atoms with Gasteiger partial charge in [-0.15, -0.1) is 0 Å². The third-order valence-electron chi connectivity index (χ3n) is 2.80. The van der Waals surface area contributed by atoms with Crippen LogP contribution >= 0.6 is 11.6 Å². The van der Waals surface area contributed by atoms with Gasteiger partial charge >= 0.3 is 0 Å². The Morgan fingerprint density at radius 3 is 2.65 bits per heavy atom. The molecule has 0 radical (unpaired) electrons. The molecule has 0 aliphatic rings. The Morgan fingerprint density at radius 2 is 1.95 bits per heavy atom. The Morgan fingerprint density at radius 1 is 1.20 bits per heavy atom. The molecule has 0 saturated carbocycles. The van der Waals surface area contributed by atoms with E-state index >= 15 is 0 Å². The van der Waals surface area contributed by atoms with Crippen molar-refractivity contribution in [2.45, 2.75) is 6.92 Å². The predicted octanol–water partition coefficient (Wildman–Crippen LogP) is 4.11. The van der Waals surface area contributed by atoms with E-state index in [1.165, 1.54) is 6.92 Å². The van der Waals surface area contributed by atoms with Gasteiger partial charge in [-0.2, -0.15) is 0 Å². The first-order chi connectivity index (χ1) is 9.61. The molecule has 5 heteroatoms. The van der Waals surface area contributed by atoms with Gasteiger partial charge in [0.1, 0.15) is 5.52 Å². The summed E-state index contributed by atoms with van der Waals surface area (Å²) < 4.78 is 5.67. The second-order valence-corrected chi connectivity index (χ2v) is 4.83. The average Bonchev–Trinajstić information content (AvgIpc) is 2.81. The summed E-state index contributed by atoms with van der Waals surface area (Å²) in [5.41, 5.74) is 2.99. The maximum atomic E-state index is 11.0. The molecule has 0 fully saturated rings. The number of halogens is 1. The Hall–Kier alpha value is -2.33. The average molecular weight is 287 g/mol. The zero-order chi connectivity index (χ0) is 14.1. The van der Waals surface area contributed by atoms with Gasteiger partial charge in [0.05, 0.1) is 0 Å². The highest BCUT2D eigenvalue weighted by molar-refractivity contribution is 6.31. The van der Waals surface area contributed by atoms with Crippen molar-refractivity contribution in [2.24, 2.45) is 0 Å². The molecular formula is C15H11ClN2O2. The standard InChI is InChI=1S/C15H11ClN2O2/c1-9(19)17-12-5-2-10(3-6-12)15-18-13-7-4-11(16)8-14(13)20-15/h2-8H,1H3,(H,17,19). The van der Waals surface area contributed by atoms with Crippen molar-refractivity contribution < 1.29 is 9.21 Å². The lowest BCUT2D eigenvalue weighted by atomic mass is 10.2. The van der Waals surface area contributed by atoms with E-state index in [1.807, 2.05) is 18.2 Å². The van der Waals surface area contributed by atoms with Gasteiger partial charge in [0, 0.05) is 29.3 Å². The highest BCUT2D eigenvalue weighted by atomic mass is 35.5. The minimum atomic E-state index is -0.103. The van der Waals surface area contributed by atoms with Gasteiger partial charge < -0.3 is 9.73 Å². The van der Waals surface area contributed by atoms with Gasteiger partial charge in [-0.3, -0.25) is 4.79 Å². The van der Waals surface area contributed by atoms with Gasteiger partial charge in [-0.1, -0.05) is 11.6 Å². The van der Waals surface area contributed by atoms with Crippen LogP contribution in [0.25, 0.3) is 22.6 Å². The maximum Gasteiger partial charge on any atom is 0.227 e. The Kier molecular flexibility index (Phi) is 3.16. The van der Waals surface area contributed by atoms with E-state index in [2.05, 4.69) is 10.3 Å². The topological polar surface area (TPSA) is 55.1 Å². The molecule has 0 bridgehead atoms. The van der Waals surface area contributed by atoms with Crippen LogP contribution in [0.5, 0.6) is 0 Å². The SMILES string of the molecule is CC(=O)Nc1ccc(-c2nc3ccc(Cl)cc3o2)cc1. The maximum absolute atomic E-state index is 11.0. The second kappa shape index (κ2) is 4.98. The van der Waals surface area contributed by atoms with Crippen LogP contribution in [-0.4, -0.2) is 10.9 Å².